The zero-order chi connectivity index (χ0) is 41.7. The summed E-state index contributed by atoms with van der Waals surface area (Å²) in [4.78, 5) is 80.5. The van der Waals surface area contributed by atoms with E-state index in [0.717, 1.165) is 78.5 Å². The van der Waals surface area contributed by atoms with E-state index < -0.39 is 11.9 Å². The lowest BCUT2D eigenvalue weighted by Gasteiger charge is -2.22. The van der Waals surface area contributed by atoms with E-state index in [1.807, 2.05) is 60.8 Å². The molecule has 13 nitrogen and oxygen atoms in total. The molecule has 0 radical (unpaired) electrons. The summed E-state index contributed by atoms with van der Waals surface area (Å²) in [5.41, 5.74) is 4.64. The van der Waals surface area contributed by atoms with Crippen molar-refractivity contribution in [1.82, 2.24) is 20.5 Å². The van der Waals surface area contributed by atoms with Gasteiger partial charge in [0, 0.05) is 58.6 Å². The van der Waals surface area contributed by atoms with Crippen LogP contribution >= 0.6 is 11.3 Å². The van der Waals surface area contributed by atoms with Gasteiger partial charge in [0.1, 0.15) is 0 Å². The third-order valence-electron chi connectivity index (χ3n) is 10.4. The van der Waals surface area contributed by atoms with E-state index in [1.165, 1.54) is 22.4 Å². The van der Waals surface area contributed by atoms with E-state index in [9.17, 15) is 28.8 Å². The fraction of sp³-hybridized carbons (Fsp3) is 0.311. The average molecular weight is 816 g/mol. The Bertz CT molecular complexity index is 2340. The molecule has 6 amide bonds. The van der Waals surface area contributed by atoms with Gasteiger partial charge in [-0.15, -0.1) is 11.3 Å². The van der Waals surface area contributed by atoms with E-state index in [2.05, 4.69) is 31.6 Å². The number of anilines is 4. The van der Waals surface area contributed by atoms with Gasteiger partial charge in [0.2, 0.25) is 12.3 Å². The number of hydrogen-bond donors (Lipinski definition) is 5. The van der Waals surface area contributed by atoms with Crippen LogP contribution in [0, 0.1) is 6.92 Å². The second kappa shape index (κ2) is 20.3. The molecule has 1 atom stereocenters. The first-order chi connectivity index (χ1) is 28.6. The summed E-state index contributed by atoms with van der Waals surface area (Å²) in [6, 6.07) is 21.9. The first kappa shape index (κ1) is 42.2. The summed E-state index contributed by atoms with van der Waals surface area (Å²) in [7, 11) is 0. The van der Waals surface area contributed by atoms with Gasteiger partial charge in [-0.25, -0.2) is 4.98 Å². The predicted octanol–water partition coefficient (Wildman–Crippen LogP) is 8.21. The van der Waals surface area contributed by atoms with Gasteiger partial charge in [-0.2, -0.15) is 0 Å². The Morgan fingerprint density at radius 1 is 0.814 bits per heavy atom. The Morgan fingerprint density at radius 3 is 2.31 bits per heavy atom. The van der Waals surface area contributed by atoms with Gasteiger partial charge in [-0.05, 0) is 75.1 Å². The number of rotatable bonds is 21. The van der Waals surface area contributed by atoms with Crippen LogP contribution < -0.4 is 26.6 Å². The van der Waals surface area contributed by atoms with Gasteiger partial charge in [0.05, 0.1) is 27.9 Å². The maximum absolute atomic E-state index is 13.5. The molecule has 3 heterocycles. The number of aryl methyl sites for hydroxylation is 1. The molecule has 3 aromatic carbocycles. The molecule has 5 aromatic rings. The smallest absolute Gasteiger partial charge is 0.261 e. The van der Waals surface area contributed by atoms with Crippen molar-refractivity contribution in [3.63, 3.8) is 0 Å². The molecule has 306 valence electrons. The Morgan fingerprint density at radius 2 is 1.53 bits per heavy atom. The Labute approximate surface area is 347 Å². The minimum Gasteiger partial charge on any atom is -0.385 e. The number of nitrogens with zero attached hydrogens (tertiary/aromatic N) is 2. The van der Waals surface area contributed by atoms with Crippen molar-refractivity contribution < 1.29 is 28.8 Å². The first-order valence-corrected chi connectivity index (χ1v) is 20.9. The van der Waals surface area contributed by atoms with Gasteiger partial charge in [-0.3, -0.25) is 39.0 Å². The number of para-hydroxylation sites is 1. The Kier molecular flexibility index (Phi) is 14.5. The lowest BCUT2D eigenvalue weighted by atomic mass is 10.1. The number of pyridine rings is 1. The number of thiophene rings is 1. The van der Waals surface area contributed by atoms with Crippen LogP contribution in [-0.2, 0) is 9.59 Å². The topological polar surface area (TPSA) is 179 Å². The number of unbranched alkanes of at least 4 members (excludes halogenated alkanes) is 6. The molecule has 1 aliphatic rings. The molecule has 6 rings (SSSR count). The third-order valence-corrected chi connectivity index (χ3v) is 11.3. The second-order valence-electron chi connectivity index (χ2n) is 14.6. The van der Waals surface area contributed by atoms with E-state index in [4.69, 9.17) is 0 Å². The van der Waals surface area contributed by atoms with Gasteiger partial charge < -0.3 is 21.3 Å². The molecule has 14 heteroatoms. The van der Waals surface area contributed by atoms with Crippen LogP contribution in [0.15, 0.2) is 84.4 Å². The first-order valence-electron chi connectivity index (χ1n) is 20.0. The van der Waals surface area contributed by atoms with Gasteiger partial charge in [0.25, 0.3) is 23.6 Å². The van der Waals surface area contributed by atoms with Crippen molar-refractivity contribution in [3.8, 4) is 0 Å². The molecule has 0 aliphatic carbocycles. The van der Waals surface area contributed by atoms with Crippen molar-refractivity contribution in [2.24, 2.45) is 0 Å². The molecule has 1 unspecified atom stereocenters. The average Bonchev–Trinajstić information content (AvgIpc) is 3.78. The highest BCUT2D eigenvalue weighted by Crippen LogP contribution is 2.31. The largest absolute Gasteiger partial charge is 0.385 e. The van der Waals surface area contributed by atoms with Crippen LogP contribution in [0.3, 0.4) is 0 Å². The summed E-state index contributed by atoms with van der Waals surface area (Å²) in [5.74, 6) is -1.31. The summed E-state index contributed by atoms with van der Waals surface area (Å²) in [6.45, 7) is 4.95. The molecule has 0 spiro atoms. The maximum Gasteiger partial charge on any atom is 0.261 e. The van der Waals surface area contributed by atoms with Crippen LogP contribution in [0.25, 0.3) is 10.1 Å². The lowest BCUT2D eigenvalue weighted by molar-refractivity contribution is -0.125. The number of nitrogens with one attached hydrogen (secondary N) is 5. The third kappa shape index (κ3) is 10.8. The van der Waals surface area contributed by atoms with E-state index in [-0.39, 0.29) is 36.5 Å². The molecule has 0 bridgehead atoms. The number of carbonyl (C=O) groups is 6. The van der Waals surface area contributed by atoms with E-state index >= 15 is 0 Å². The van der Waals surface area contributed by atoms with Crippen molar-refractivity contribution in [2.75, 3.05) is 29.0 Å². The Hall–Kier alpha value is -6.41. The number of benzene rings is 3. The molecule has 59 heavy (non-hydrogen) atoms. The van der Waals surface area contributed by atoms with Crippen molar-refractivity contribution >= 4 is 80.2 Å². The zero-order valence-corrected chi connectivity index (χ0v) is 34.1. The number of carbonyl (C=O) groups excluding carboxylic acids is 6. The monoisotopic (exact) mass is 815 g/mol. The summed E-state index contributed by atoms with van der Waals surface area (Å²) in [6.07, 6.45) is 9.14. The van der Waals surface area contributed by atoms with Crippen molar-refractivity contribution in [2.45, 2.75) is 77.7 Å². The maximum atomic E-state index is 13.5. The number of amides is 6. The zero-order valence-electron chi connectivity index (χ0n) is 33.3. The standard InChI is InChI=1S/C45H49N7O6S/c1-29-14-8-10-16-37(29)50-41-38(51-43(56)36-27-59-39-17-11-9-15-33(36)39)24-31(26-48-41)42(55)47-23-13-7-5-3-4-6-12-22-46-32-19-20-34-35(25-32)45(58)52(44(34)57)30(2)18-21-40(54)49-28-53/h8-11,14-17,19-20,24-28,30,46H,3-7,12-13,18,21-23H2,1-2H3,(H,47,55)(H,48,50)(H,51,56)(H,49,53,54). The van der Waals surface area contributed by atoms with E-state index in [0.29, 0.717) is 46.7 Å². The molecule has 0 saturated carbocycles. The van der Waals surface area contributed by atoms with Gasteiger partial charge >= 0.3 is 0 Å². The Balaban J connectivity index is 0.900. The highest BCUT2D eigenvalue weighted by atomic mass is 32.1. The van der Waals surface area contributed by atoms with Crippen molar-refractivity contribution in [1.29, 1.82) is 0 Å². The van der Waals surface area contributed by atoms with Crippen LogP contribution in [0.4, 0.5) is 22.9 Å². The quantitative estimate of drug-likeness (QED) is 0.0277. The molecule has 5 N–H and O–H groups in total. The summed E-state index contributed by atoms with van der Waals surface area (Å²) in [5, 5.41) is 17.5. The lowest BCUT2D eigenvalue weighted by Crippen LogP contribution is -2.38. The number of aromatic nitrogens is 1. The molecular formula is C45H49N7O6S. The van der Waals surface area contributed by atoms with Gasteiger partial charge in [0.15, 0.2) is 5.82 Å². The van der Waals surface area contributed by atoms with Gasteiger partial charge in [-0.1, -0.05) is 68.5 Å². The molecule has 0 saturated heterocycles. The molecule has 0 fully saturated rings. The molecule has 1 aliphatic heterocycles. The number of fused-ring (bicyclic) bond motifs is 2. The fourth-order valence-electron chi connectivity index (χ4n) is 7.02. The number of imide groups is 2. The SMILES string of the molecule is Cc1ccccc1Nc1ncc(C(=O)NCCCCCCCCCNc2ccc3c(c2)C(=O)N(C(C)CCC(=O)NC=O)C3=O)cc1NC(=O)c1csc2ccccc12. The highest BCUT2D eigenvalue weighted by Gasteiger charge is 2.38. The van der Waals surface area contributed by atoms with Crippen molar-refractivity contribution in [3.05, 3.63) is 112 Å². The molecule has 2 aromatic heterocycles. The highest BCUT2D eigenvalue weighted by molar-refractivity contribution is 7.17. The predicted molar refractivity (Wildman–Crippen MR) is 231 cm³/mol. The van der Waals surface area contributed by atoms with Crippen LogP contribution in [0.2, 0.25) is 0 Å². The van der Waals surface area contributed by atoms with Crippen LogP contribution in [0.5, 0.6) is 0 Å². The minimum absolute atomic E-state index is 0.0284. The van der Waals surface area contributed by atoms with Crippen LogP contribution in [-0.4, -0.2) is 65.0 Å². The second-order valence-corrected chi connectivity index (χ2v) is 15.5. The normalized spacial score (nSPS) is 12.5. The van der Waals surface area contributed by atoms with Crippen LogP contribution in [0.1, 0.15) is 112 Å². The summed E-state index contributed by atoms with van der Waals surface area (Å²) >= 11 is 1.51. The molecular weight excluding hydrogens is 767 g/mol. The number of hydrogen-bond acceptors (Lipinski definition) is 10. The van der Waals surface area contributed by atoms with E-state index in [1.54, 1.807) is 31.2 Å². The fourth-order valence-corrected chi connectivity index (χ4v) is 7.96. The summed E-state index contributed by atoms with van der Waals surface area (Å²) < 4.78 is 1.02. The minimum atomic E-state index is -0.488.